The fourth-order valence-corrected chi connectivity index (χ4v) is 3.72. The Balaban J connectivity index is 1.45. The van der Waals surface area contributed by atoms with Crippen LogP contribution in [0.1, 0.15) is 24.0 Å². The minimum Gasteiger partial charge on any atom is -0.408 e. The molecular weight excluding hydrogens is 382 g/mol. The van der Waals surface area contributed by atoms with Gasteiger partial charge in [-0.05, 0) is 31.0 Å². The molecule has 1 heterocycles. The van der Waals surface area contributed by atoms with Crippen molar-refractivity contribution < 1.29 is 17.6 Å². The number of H-pyrrole nitrogens is 1. The zero-order valence-electron chi connectivity index (χ0n) is 15.3. The Bertz CT molecular complexity index is 1130. The first-order valence-corrected chi connectivity index (χ1v) is 10.3. The number of carbonyl (C=O) groups excluding carboxylic acids is 1. The number of fused-ring (bicyclic) bond motifs is 1. The molecule has 0 fully saturated rings. The maximum Gasteiger partial charge on any atom is 0.417 e. The number of aromatic nitrogens is 1. The second kappa shape index (κ2) is 8.41. The van der Waals surface area contributed by atoms with Gasteiger partial charge in [0.1, 0.15) is 0 Å². The Morgan fingerprint density at radius 1 is 1.14 bits per heavy atom. The van der Waals surface area contributed by atoms with E-state index in [1.165, 1.54) is 18.2 Å². The minimum atomic E-state index is -3.76. The summed E-state index contributed by atoms with van der Waals surface area (Å²) in [4.78, 5) is 25.5. The average Bonchev–Trinajstić information content (AvgIpc) is 3.04. The van der Waals surface area contributed by atoms with Crippen LogP contribution in [0.4, 0.5) is 0 Å². The third-order valence-electron chi connectivity index (χ3n) is 4.19. The van der Waals surface area contributed by atoms with Gasteiger partial charge in [-0.15, -0.1) is 0 Å². The molecule has 0 radical (unpaired) electrons. The van der Waals surface area contributed by atoms with Gasteiger partial charge in [0.05, 0.1) is 10.4 Å². The predicted octanol–water partition coefficient (Wildman–Crippen LogP) is 1.80. The highest BCUT2D eigenvalue weighted by molar-refractivity contribution is 7.89. The summed E-state index contributed by atoms with van der Waals surface area (Å²) in [7, 11) is -3.76. The van der Waals surface area contributed by atoms with E-state index in [0.29, 0.717) is 18.5 Å². The summed E-state index contributed by atoms with van der Waals surface area (Å²) in [6.45, 7) is 2.55. The number of sulfonamides is 1. The minimum absolute atomic E-state index is 0.00780. The van der Waals surface area contributed by atoms with Crippen LogP contribution in [0.25, 0.3) is 11.1 Å². The van der Waals surface area contributed by atoms with Gasteiger partial charge in [0.25, 0.3) is 0 Å². The van der Waals surface area contributed by atoms with E-state index in [9.17, 15) is 18.0 Å². The molecule has 1 aromatic heterocycles. The topological polar surface area (TPSA) is 121 Å². The smallest absolute Gasteiger partial charge is 0.408 e. The number of amides is 1. The lowest BCUT2D eigenvalue weighted by molar-refractivity contribution is -0.121. The zero-order chi connectivity index (χ0) is 20.1. The van der Waals surface area contributed by atoms with Gasteiger partial charge < -0.3 is 9.73 Å². The van der Waals surface area contributed by atoms with Crippen molar-refractivity contribution >= 4 is 27.0 Å². The number of carbonyl (C=O) groups is 1. The highest BCUT2D eigenvalue weighted by atomic mass is 32.2. The van der Waals surface area contributed by atoms with E-state index in [0.717, 1.165) is 11.1 Å². The summed E-state index contributed by atoms with van der Waals surface area (Å²) < 4.78 is 32.0. The summed E-state index contributed by atoms with van der Waals surface area (Å²) in [6, 6.07) is 12.0. The maximum absolute atomic E-state index is 12.3. The molecule has 3 aromatic rings. The van der Waals surface area contributed by atoms with E-state index in [-0.39, 0.29) is 29.4 Å². The molecule has 0 spiro atoms. The van der Waals surface area contributed by atoms with Crippen molar-refractivity contribution in [2.75, 3.05) is 6.54 Å². The Hall–Kier alpha value is -2.91. The quantitative estimate of drug-likeness (QED) is 0.495. The van der Waals surface area contributed by atoms with E-state index < -0.39 is 15.8 Å². The lowest BCUT2D eigenvalue weighted by Crippen LogP contribution is -2.27. The zero-order valence-corrected chi connectivity index (χ0v) is 16.1. The molecule has 0 aliphatic carbocycles. The molecule has 0 bridgehead atoms. The molecule has 0 unspecified atom stereocenters. The van der Waals surface area contributed by atoms with Crippen molar-refractivity contribution in [1.82, 2.24) is 15.0 Å². The molecule has 148 valence electrons. The Morgan fingerprint density at radius 2 is 1.89 bits per heavy atom. The normalized spacial score (nSPS) is 11.6. The molecule has 9 heteroatoms. The van der Waals surface area contributed by atoms with Gasteiger partial charge in [-0.3, -0.25) is 9.78 Å². The molecule has 1 amide bonds. The van der Waals surface area contributed by atoms with Gasteiger partial charge in [-0.1, -0.05) is 29.8 Å². The molecule has 3 rings (SSSR count). The van der Waals surface area contributed by atoms with Crippen LogP contribution in [0.15, 0.2) is 56.6 Å². The van der Waals surface area contributed by atoms with Gasteiger partial charge in [0.2, 0.25) is 15.9 Å². The van der Waals surface area contributed by atoms with Crippen LogP contribution in [0.3, 0.4) is 0 Å². The number of hydrogen-bond donors (Lipinski definition) is 3. The first-order chi connectivity index (χ1) is 13.3. The third kappa shape index (κ3) is 5.08. The monoisotopic (exact) mass is 403 g/mol. The predicted molar refractivity (Wildman–Crippen MR) is 104 cm³/mol. The van der Waals surface area contributed by atoms with E-state index in [2.05, 4.69) is 15.0 Å². The Kier molecular flexibility index (Phi) is 5.96. The lowest BCUT2D eigenvalue weighted by Gasteiger charge is -2.08. The van der Waals surface area contributed by atoms with Gasteiger partial charge >= 0.3 is 5.76 Å². The second-order valence-corrected chi connectivity index (χ2v) is 8.20. The number of aromatic amines is 1. The van der Waals surface area contributed by atoms with E-state index in [4.69, 9.17) is 4.42 Å². The van der Waals surface area contributed by atoms with Crippen LogP contribution < -0.4 is 15.8 Å². The van der Waals surface area contributed by atoms with Gasteiger partial charge in [-0.2, -0.15) is 0 Å². The van der Waals surface area contributed by atoms with Gasteiger partial charge in [0.15, 0.2) is 5.58 Å². The highest BCUT2D eigenvalue weighted by Gasteiger charge is 2.15. The molecule has 0 atom stereocenters. The number of benzene rings is 2. The Labute approximate surface area is 162 Å². The van der Waals surface area contributed by atoms with Crippen molar-refractivity contribution in [3.63, 3.8) is 0 Å². The molecule has 0 aliphatic rings. The van der Waals surface area contributed by atoms with Crippen molar-refractivity contribution in [1.29, 1.82) is 0 Å². The number of oxazole rings is 1. The third-order valence-corrected chi connectivity index (χ3v) is 5.64. The largest absolute Gasteiger partial charge is 0.417 e. The van der Waals surface area contributed by atoms with Crippen LogP contribution in [0.5, 0.6) is 0 Å². The Morgan fingerprint density at radius 3 is 2.64 bits per heavy atom. The average molecular weight is 403 g/mol. The van der Waals surface area contributed by atoms with E-state index >= 15 is 0 Å². The number of hydrogen-bond acceptors (Lipinski definition) is 5. The SMILES string of the molecule is Cc1ccc(CNC(=O)CCCNS(=O)(=O)c2ccc3[nH]c(=O)oc3c2)cc1. The second-order valence-electron chi connectivity index (χ2n) is 6.44. The molecule has 28 heavy (non-hydrogen) atoms. The fourth-order valence-electron chi connectivity index (χ4n) is 2.63. The molecule has 8 nitrogen and oxygen atoms in total. The summed E-state index contributed by atoms with van der Waals surface area (Å²) in [5.74, 6) is -0.788. The van der Waals surface area contributed by atoms with E-state index in [1.807, 2.05) is 31.2 Å². The number of aryl methyl sites for hydroxylation is 1. The molecule has 0 aliphatic heterocycles. The molecule has 0 saturated heterocycles. The van der Waals surface area contributed by atoms with Crippen LogP contribution in [0, 0.1) is 6.92 Å². The lowest BCUT2D eigenvalue weighted by atomic mass is 10.1. The van der Waals surface area contributed by atoms with Crippen molar-refractivity contribution in [2.24, 2.45) is 0 Å². The number of rotatable bonds is 8. The maximum atomic E-state index is 12.3. The summed E-state index contributed by atoms with van der Waals surface area (Å²) in [5.41, 5.74) is 2.75. The van der Waals surface area contributed by atoms with Crippen molar-refractivity contribution in [3.05, 3.63) is 64.1 Å². The van der Waals surface area contributed by atoms with Crippen molar-refractivity contribution in [2.45, 2.75) is 31.2 Å². The fraction of sp³-hybridized carbons (Fsp3) is 0.263. The number of nitrogens with one attached hydrogen (secondary N) is 3. The summed E-state index contributed by atoms with van der Waals surface area (Å²) >= 11 is 0. The van der Waals surface area contributed by atoms with Gasteiger partial charge in [-0.25, -0.2) is 17.9 Å². The highest BCUT2D eigenvalue weighted by Crippen LogP contribution is 2.16. The van der Waals surface area contributed by atoms with Crippen LogP contribution >= 0.6 is 0 Å². The van der Waals surface area contributed by atoms with Crippen LogP contribution in [-0.2, 0) is 21.4 Å². The van der Waals surface area contributed by atoms with Crippen LogP contribution in [0.2, 0.25) is 0 Å². The first-order valence-electron chi connectivity index (χ1n) is 8.78. The standard InChI is InChI=1S/C19H21N3O5S/c1-13-4-6-14(7-5-13)12-20-18(23)3-2-10-21-28(25,26)15-8-9-16-17(11-15)27-19(24)22-16/h4-9,11,21H,2-3,10,12H2,1H3,(H,20,23)(H,22,24). The summed E-state index contributed by atoms with van der Waals surface area (Å²) in [6.07, 6.45) is 0.570. The molecule has 2 aromatic carbocycles. The molecule has 3 N–H and O–H groups in total. The van der Waals surface area contributed by atoms with Crippen LogP contribution in [-0.4, -0.2) is 25.9 Å². The molecular formula is C19H21N3O5S. The first kappa shape index (κ1) is 19.8. The summed E-state index contributed by atoms with van der Waals surface area (Å²) in [5, 5.41) is 2.81. The van der Waals surface area contributed by atoms with Crippen molar-refractivity contribution in [3.8, 4) is 0 Å². The van der Waals surface area contributed by atoms with E-state index in [1.54, 1.807) is 0 Å². The van der Waals surface area contributed by atoms with Gasteiger partial charge in [0, 0.05) is 25.6 Å². The molecule has 0 saturated carbocycles.